The maximum Gasteiger partial charge on any atom is 0.262 e. The van der Waals surface area contributed by atoms with Crippen LogP contribution in [0.15, 0.2) is 36.5 Å². The summed E-state index contributed by atoms with van der Waals surface area (Å²) < 4.78 is 11.8. The third-order valence-electron chi connectivity index (χ3n) is 3.90. The van der Waals surface area contributed by atoms with Crippen LogP contribution in [0.2, 0.25) is 5.02 Å². The van der Waals surface area contributed by atoms with Crippen molar-refractivity contribution < 1.29 is 9.47 Å². The average Bonchev–Trinajstić information content (AvgIpc) is 2.58. The zero-order chi connectivity index (χ0) is 16.1. The van der Waals surface area contributed by atoms with Crippen molar-refractivity contribution in [3.8, 4) is 17.4 Å². The zero-order valence-electron chi connectivity index (χ0n) is 13.2. The second-order valence-corrected chi connectivity index (χ2v) is 6.27. The SMILES string of the molecule is Cc1ccc(Cl)c(Oc2ncccc2OC[C@H]2CCCNC2)c1. The molecule has 1 aromatic carbocycles. The molecule has 1 atom stereocenters. The van der Waals surface area contributed by atoms with Gasteiger partial charge in [0, 0.05) is 18.7 Å². The molecule has 23 heavy (non-hydrogen) atoms. The Morgan fingerprint density at radius 2 is 2.22 bits per heavy atom. The van der Waals surface area contributed by atoms with Gasteiger partial charge in [-0.1, -0.05) is 17.7 Å². The highest BCUT2D eigenvalue weighted by molar-refractivity contribution is 6.32. The van der Waals surface area contributed by atoms with Crippen LogP contribution in [0, 0.1) is 12.8 Å². The van der Waals surface area contributed by atoms with E-state index >= 15 is 0 Å². The Morgan fingerprint density at radius 1 is 1.30 bits per heavy atom. The number of benzene rings is 1. The molecule has 0 radical (unpaired) electrons. The van der Waals surface area contributed by atoms with Crippen LogP contribution in [-0.2, 0) is 0 Å². The lowest BCUT2D eigenvalue weighted by Gasteiger charge is -2.23. The van der Waals surface area contributed by atoms with E-state index in [0.29, 0.717) is 34.9 Å². The van der Waals surface area contributed by atoms with Crippen molar-refractivity contribution in [2.24, 2.45) is 5.92 Å². The fraction of sp³-hybridized carbons (Fsp3) is 0.389. The van der Waals surface area contributed by atoms with Gasteiger partial charge in [-0.05, 0) is 56.1 Å². The second kappa shape index (κ2) is 7.66. The molecule has 0 aliphatic carbocycles. The standard InChI is InChI=1S/C18H21ClN2O2/c1-13-6-7-15(19)17(10-13)23-18-16(5-3-9-21-18)22-12-14-4-2-8-20-11-14/h3,5-7,9-10,14,20H,2,4,8,11-12H2,1H3/t14-/m0/s1. The number of pyridine rings is 1. The Kier molecular flexibility index (Phi) is 5.36. The Labute approximate surface area is 141 Å². The Morgan fingerprint density at radius 3 is 3.04 bits per heavy atom. The molecule has 1 aliphatic heterocycles. The number of nitrogens with one attached hydrogen (secondary N) is 1. The molecular weight excluding hydrogens is 312 g/mol. The lowest BCUT2D eigenvalue weighted by molar-refractivity contribution is 0.212. The molecule has 4 nitrogen and oxygen atoms in total. The van der Waals surface area contributed by atoms with Gasteiger partial charge < -0.3 is 14.8 Å². The summed E-state index contributed by atoms with van der Waals surface area (Å²) in [6, 6.07) is 9.39. The first-order chi connectivity index (χ1) is 11.2. The Bertz CT molecular complexity index is 657. The largest absolute Gasteiger partial charge is 0.488 e. The first-order valence-electron chi connectivity index (χ1n) is 7.95. The highest BCUT2D eigenvalue weighted by Crippen LogP contribution is 2.34. The van der Waals surface area contributed by atoms with Gasteiger partial charge in [0.05, 0.1) is 11.6 Å². The summed E-state index contributed by atoms with van der Waals surface area (Å²) >= 11 is 6.20. The van der Waals surface area contributed by atoms with E-state index in [2.05, 4.69) is 10.3 Å². The van der Waals surface area contributed by atoms with Crippen molar-refractivity contribution >= 4 is 11.6 Å². The number of aromatic nitrogens is 1. The minimum Gasteiger partial charge on any atom is -0.488 e. The monoisotopic (exact) mass is 332 g/mol. The minimum absolute atomic E-state index is 0.448. The van der Waals surface area contributed by atoms with Crippen LogP contribution in [0.25, 0.3) is 0 Å². The maximum atomic E-state index is 6.20. The molecule has 1 aromatic heterocycles. The van der Waals surface area contributed by atoms with Gasteiger partial charge in [0.15, 0.2) is 5.75 Å². The van der Waals surface area contributed by atoms with E-state index in [1.165, 1.54) is 12.8 Å². The topological polar surface area (TPSA) is 43.4 Å². The molecule has 0 unspecified atom stereocenters. The lowest BCUT2D eigenvalue weighted by Crippen LogP contribution is -2.33. The molecule has 1 N–H and O–H groups in total. The van der Waals surface area contributed by atoms with Crippen LogP contribution in [0.4, 0.5) is 0 Å². The summed E-state index contributed by atoms with van der Waals surface area (Å²) in [5, 5.41) is 3.95. The Hall–Kier alpha value is -1.78. The van der Waals surface area contributed by atoms with E-state index in [-0.39, 0.29) is 0 Å². The van der Waals surface area contributed by atoms with E-state index in [1.807, 2.05) is 37.3 Å². The summed E-state index contributed by atoms with van der Waals surface area (Å²) in [5.41, 5.74) is 1.08. The fourth-order valence-electron chi connectivity index (χ4n) is 2.63. The first kappa shape index (κ1) is 16.1. The summed E-state index contributed by atoms with van der Waals surface area (Å²) in [4.78, 5) is 4.29. The molecule has 1 saturated heterocycles. The summed E-state index contributed by atoms with van der Waals surface area (Å²) in [6.07, 6.45) is 4.07. The molecule has 1 fully saturated rings. The van der Waals surface area contributed by atoms with Gasteiger partial charge in [0.2, 0.25) is 0 Å². The van der Waals surface area contributed by atoms with Gasteiger partial charge in [-0.2, -0.15) is 0 Å². The van der Waals surface area contributed by atoms with Gasteiger partial charge in [-0.15, -0.1) is 0 Å². The van der Waals surface area contributed by atoms with Crippen molar-refractivity contribution in [3.05, 3.63) is 47.1 Å². The van der Waals surface area contributed by atoms with Gasteiger partial charge >= 0.3 is 0 Å². The molecule has 2 aromatic rings. The van der Waals surface area contributed by atoms with E-state index in [0.717, 1.165) is 18.7 Å². The number of aryl methyl sites for hydroxylation is 1. The third-order valence-corrected chi connectivity index (χ3v) is 4.22. The number of rotatable bonds is 5. The number of hydrogen-bond donors (Lipinski definition) is 1. The molecule has 0 spiro atoms. The van der Waals surface area contributed by atoms with Gasteiger partial charge in [0.1, 0.15) is 5.75 Å². The quantitative estimate of drug-likeness (QED) is 0.890. The molecule has 5 heteroatoms. The van der Waals surface area contributed by atoms with E-state index in [4.69, 9.17) is 21.1 Å². The number of halogens is 1. The highest BCUT2D eigenvalue weighted by atomic mass is 35.5. The van der Waals surface area contributed by atoms with Gasteiger partial charge in [0.25, 0.3) is 5.88 Å². The molecule has 122 valence electrons. The molecule has 0 saturated carbocycles. The molecule has 0 amide bonds. The average molecular weight is 333 g/mol. The van der Waals surface area contributed by atoms with Crippen LogP contribution in [0.5, 0.6) is 17.4 Å². The van der Waals surface area contributed by atoms with Crippen molar-refractivity contribution in [3.63, 3.8) is 0 Å². The van der Waals surface area contributed by atoms with Crippen molar-refractivity contribution in [1.29, 1.82) is 0 Å². The van der Waals surface area contributed by atoms with E-state index in [9.17, 15) is 0 Å². The van der Waals surface area contributed by atoms with E-state index in [1.54, 1.807) is 6.20 Å². The smallest absolute Gasteiger partial charge is 0.262 e. The molecule has 1 aliphatic rings. The van der Waals surface area contributed by atoms with Gasteiger partial charge in [-0.3, -0.25) is 0 Å². The van der Waals surface area contributed by atoms with Crippen LogP contribution < -0.4 is 14.8 Å². The second-order valence-electron chi connectivity index (χ2n) is 5.87. The van der Waals surface area contributed by atoms with Gasteiger partial charge in [-0.25, -0.2) is 4.98 Å². The van der Waals surface area contributed by atoms with Crippen molar-refractivity contribution in [1.82, 2.24) is 10.3 Å². The van der Waals surface area contributed by atoms with Crippen LogP contribution in [0.1, 0.15) is 18.4 Å². The zero-order valence-corrected chi connectivity index (χ0v) is 14.0. The molecular formula is C18H21ClN2O2. The van der Waals surface area contributed by atoms with Crippen molar-refractivity contribution in [2.75, 3.05) is 19.7 Å². The summed E-state index contributed by atoms with van der Waals surface area (Å²) in [5.74, 6) is 2.22. The van der Waals surface area contributed by atoms with Crippen LogP contribution in [0.3, 0.4) is 0 Å². The number of piperidine rings is 1. The molecule has 2 heterocycles. The lowest BCUT2D eigenvalue weighted by atomic mass is 10.0. The predicted octanol–water partition coefficient (Wildman–Crippen LogP) is 4.21. The highest BCUT2D eigenvalue weighted by Gasteiger charge is 2.16. The van der Waals surface area contributed by atoms with Crippen LogP contribution in [-0.4, -0.2) is 24.7 Å². The molecule has 0 bridgehead atoms. The summed E-state index contributed by atoms with van der Waals surface area (Å²) in [7, 11) is 0. The number of nitrogens with zero attached hydrogens (tertiary/aromatic N) is 1. The predicted molar refractivity (Wildman–Crippen MR) is 91.6 cm³/mol. The number of hydrogen-bond acceptors (Lipinski definition) is 4. The number of ether oxygens (including phenoxy) is 2. The minimum atomic E-state index is 0.448. The maximum absolute atomic E-state index is 6.20. The summed E-state index contributed by atoms with van der Waals surface area (Å²) in [6.45, 7) is 4.76. The normalized spacial score (nSPS) is 17.7. The fourth-order valence-corrected chi connectivity index (χ4v) is 2.79. The van der Waals surface area contributed by atoms with Crippen molar-refractivity contribution in [2.45, 2.75) is 19.8 Å². The first-order valence-corrected chi connectivity index (χ1v) is 8.33. The van der Waals surface area contributed by atoms with Crippen LogP contribution >= 0.6 is 11.6 Å². The van der Waals surface area contributed by atoms with E-state index < -0.39 is 0 Å². The molecule has 3 rings (SSSR count). The Balaban J connectivity index is 1.71. The third kappa shape index (κ3) is 4.36.